The monoisotopic (exact) mass is 250 g/mol. The molecular formula is C13H18N2O3. The molecule has 1 aromatic heterocycles. The first-order valence-corrected chi connectivity index (χ1v) is 6.16. The molecule has 0 spiro atoms. The van der Waals surface area contributed by atoms with Crippen molar-refractivity contribution in [3.63, 3.8) is 0 Å². The van der Waals surface area contributed by atoms with Crippen LogP contribution in [0.4, 0.5) is 0 Å². The maximum absolute atomic E-state index is 10.7. The van der Waals surface area contributed by atoms with Gasteiger partial charge < -0.3 is 15.2 Å². The van der Waals surface area contributed by atoms with Gasteiger partial charge in [0.05, 0.1) is 6.42 Å². The van der Waals surface area contributed by atoms with E-state index in [1.54, 1.807) is 12.4 Å². The van der Waals surface area contributed by atoms with Crippen LogP contribution in [0.25, 0.3) is 0 Å². The van der Waals surface area contributed by atoms with Crippen molar-refractivity contribution in [3.05, 3.63) is 30.1 Å². The molecule has 0 unspecified atom stereocenters. The van der Waals surface area contributed by atoms with Gasteiger partial charge in [0.15, 0.2) is 0 Å². The van der Waals surface area contributed by atoms with E-state index in [0.29, 0.717) is 19.7 Å². The Bertz CT molecular complexity index is 390. The van der Waals surface area contributed by atoms with Crippen LogP contribution in [0.5, 0.6) is 0 Å². The molecule has 18 heavy (non-hydrogen) atoms. The largest absolute Gasteiger partial charge is 0.481 e. The second-order valence-electron chi connectivity index (χ2n) is 4.66. The van der Waals surface area contributed by atoms with Crippen LogP contribution in [0.3, 0.4) is 0 Å². The van der Waals surface area contributed by atoms with Gasteiger partial charge >= 0.3 is 5.97 Å². The van der Waals surface area contributed by atoms with E-state index >= 15 is 0 Å². The van der Waals surface area contributed by atoms with Gasteiger partial charge in [0.2, 0.25) is 0 Å². The normalized spacial score (nSPS) is 17.1. The Hall–Kier alpha value is -1.46. The maximum Gasteiger partial charge on any atom is 0.306 e. The average molecular weight is 250 g/mol. The first-order chi connectivity index (χ1) is 8.70. The molecule has 98 valence electrons. The number of hydrogen-bond donors (Lipinski definition) is 2. The third-order valence-electron chi connectivity index (χ3n) is 3.14. The molecule has 1 aliphatic rings. The first kappa shape index (κ1) is 13.0. The molecule has 1 saturated heterocycles. The molecule has 1 aliphatic heterocycles. The van der Waals surface area contributed by atoms with Gasteiger partial charge in [-0.3, -0.25) is 9.78 Å². The van der Waals surface area contributed by atoms with Crippen LogP contribution >= 0.6 is 0 Å². The van der Waals surface area contributed by atoms with Gasteiger partial charge in [-0.25, -0.2) is 0 Å². The summed E-state index contributed by atoms with van der Waals surface area (Å²) in [7, 11) is 0. The number of nitrogens with zero attached hydrogens (tertiary/aromatic N) is 1. The summed E-state index contributed by atoms with van der Waals surface area (Å²) < 4.78 is 5.74. The Labute approximate surface area is 106 Å². The van der Waals surface area contributed by atoms with E-state index in [0.717, 1.165) is 12.8 Å². The molecule has 2 rings (SSSR count). The number of carboxylic acids is 1. The number of carboxylic acid groups (broad SMARTS) is 1. The van der Waals surface area contributed by atoms with Crippen LogP contribution in [0, 0.1) is 0 Å². The highest BCUT2D eigenvalue weighted by Crippen LogP contribution is 2.21. The number of pyridine rings is 1. The Kier molecular flexibility index (Phi) is 4.28. The quantitative estimate of drug-likeness (QED) is 0.702. The van der Waals surface area contributed by atoms with Gasteiger partial charge in [0, 0.05) is 32.1 Å². The fraction of sp³-hybridized carbons (Fsp3) is 0.538. The minimum absolute atomic E-state index is 0.0786. The summed E-state index contributed by atoms with van der Waals surface area (Å²) in [5.74, 6) is -0.800. The lowest BCUT2D eigenvalue weighted by Gasteiger charge is -2.41. The lowest BCUT2D eigenvalue weighted by atomic mass is 9.92. The van der Waals surface area contributed by atoms with Crippen LogP contribution in [-0.2, 0) is 16.0 Å². The predicted molar refractivity (Wildman–Crippen MR) is 66.4 cm³/mol. The second kappa shape index (κ2) is 5.93. The number of nitrogens with one attached hydrogen (secondary N) is 1. The molecule has 5 heteroatoms. The summed E-state index contributed by atoms with van der Waals surface area (Å²) in [6.07, 6.45) is 5.45. The van der Waals surface area contributed by atoms with Crippen molar-refractivity contribution in [1.29, 1.82) is 0 Å². The van der Waals surface area contributed by atoms with Crippen molar-refractivity contribution in [2.45, 2.75) is 24.9 Å². The van der Waals surface area contributed by atoms with Crippen molar-refractivity contribution >= 4 is 5.97 Å². The predicted octanol–water partition coefficient (Wildman–Crippen LogP) is 0.848. The average Bonchev–Trinajstić information content (AvgIpc) is 2.32. The molecule has 2 heterocycles. The van der Waals surface area contributed by atoms with E-state index in [9.17, 15) is 4.79 Å². The molecule has 0 atom stereocenters. The van der Waals surface area contributed by atoms with Crippen LogP contribution in [-0.4, -0.2) is 41.4 Å². The zero-order valence-electron chi connectivity index (χ0n) is 10.3. The van der Waals surface area contributed by atoms with E-state index in [4.69, 9.17) is 9.84 Å². The van der Waals surface area contributed by atoms with Crippen molar-refractivity contribution in [2.24, 2.45) is 0 Å². The number of aryl methyl sites for hydroxylation is 1. The fourth-order valence-electron chi connectivity index (χ4n) is 2.07. The summed E-state index contributed by atoms with van der Waals surface area (Å²) in [4.78, 5) is 14.7. The van der Waals surface area contributed by atoms with Crippen molar-refractivity contribution in [1.82, 2.24) is 10.3 Å². The third kappa shape index (κ3) is 3.51. The van der Waals surface area contributed by atoms with Gasteiger partial charge in [0.1, 0.15) is 5.60 Å². The second-order valence-corrected chi connectivity index (χ2v) is 4.66. The number of rotatable bonds is 7. The van der Waals surface area contributed by atoms with Gasteiger partial charge in [-0.05, 0) is 30.5 Å². The molecule has 0 amide bonds. The lowest BCUT2D eigenvalue weighted by Crippen LogP contribution is -2.62. The lowest BCUT2D eigenvalue weighted by molar-refractivity contribution is -0.150. The minimum atomic E-state index is -0.800. The van der Waals surface area contributed by atoms with Crippen LogP contribution in [0.1, 0.15) is 18.4 Å². The standard InChI is InChI=1S/C13H18N2O3/c16-12(17)8-13(9-15-10-13)18-7-1-2-11-3-5-14-6-4-11/h3-6,15H,1-2,7-10H2,(H,16,17). The SMILES string of the molecule is O=C(O)CC1(OCCCc2ccncc2)CNC1. The molecule has 1 aromatic rings. The van der Waals surface area contributed by atoms with E-state index < -0.39 is 11.6 Å². The molecule has 0 saturated carbocycles. The van der Waals surface area contributed by atoms with Gasteiger partial charge in [-0.1, -0.05) is 0 Å². The maximum atomic E-state index is 10.7. The number of carbonyl (C=O) groups is 1. The fourth-order valence-corrected chi connectivity index (χ4v) is 2.07. The Balaban J connectivity index is 1.70. The number of ether oxygens (including phenoxy) is 1. The topological polar surface area (TPSA) is 71.5 Å². The van der Waals surface area contributed by atoms with E-state index in [2.05, 4.69) is 10.3 Å². The smallest absolute Gasteiger partial charge is 0.306 e. The molecule has 1 fully saturated rings. The summed E-state index contributed by atoms with van der Waals surface area (Å²) in [6.45, 7) is 1.86. The van der Waals surface area contributed by atoms with Crippen LogP contribution < -0.4 is 5.32 Å². The van der Waals surface area contributed by atoms with Gasteiger partial charge in [-0.2, -0.15) is 0 Å². The van der Waals surface area contributed by atoms with E-state index in [-0.39, 0.29) is 6.42 Å². The zero-order chi connectivity index (χ0) is 12.8. The molecule has 0 bridgehead atoms. The number of aliphatic carboxylic acids is 1. The highest BCUT2D eigenvalue weighted by molar-refractivity contribution is 5.68. The molecule has 0 aliphatic carbocycles. The van der Waals surface area contributed by atoms with Crippen LogP contribution in [0.2, 0.25) is 0 Å². The van der Waals surface area contributed by atoms with Crippen molar-refractivity contribution < 1.29 is 14.6 Å². The van der Waals surface area contributed by atoms with E-state index in [1.807, 2.05) is 12.1 Å². The Morgan fingerprint density at radius 2 is 2.17 bits per heavy atom. The third-order valence-corrected chi connectivity index (χ3v) is 3.14. The van der Waals surface area contributed by atoms with Crippen LogP contribution in [0.15, 0.2) is 24.5 Å². The molecule has 0 radical (unpaired) electrons. The molecular weight excluding hydrogens is 232 g/mol. The van der Waals surface area contributed by atoms with Crippen molar-refractivity contribution in [2.75, 3.05) is 19.7 Å². The highest BCUT2D eigenvalue weighted by atomic mass is 16.5. The Morgan fingerprint density at radius 3 is 2.72 bits per heavy atom. The summed E-state index contributed by atoms with van der Waals surface area (Å²) >= 11 is 0. The summed E-state index contributed by atoms with van der Waals surface area (Å²) in [5.41, 5.74) is 0.747. The number of hydrogen-bond acceptors (Lipinski definition) is 4. The number of aromatic nitrogens is 1. The van der Waals surface area contributed by atoms with Crippen molar-refractivity contribution in [3.8, 4) is 0 Å². The van der Waals surface area contributed by atoms with E-state index in [1.165, 1.54) is 5.56 Å². The molecule has 0 aromatic carbocycles. The zero-order valence-corrected chi connectivity index (χ0v) is 10.3. The summed E-state index contributed by atoms with van der Waals surface area (Å²) in [5, 5.41) is 11.9. The summed E-state index contributed by atoms with van der Waals surface area (Å²) in [6, 6.07) is 3.97. The first-order valence-electron chi connectivity index (χ1n) is 6.16. The van der Waals surface area contributed by atoms with Gasteiger partial charge in [-0.15, -0.1) is 0 Å². The molecule has 2 N–H and O–H groups in total. The molecule has 5 nitrogen and oxygen atoms in total. The minimum Gasteiger partial charge on any atom is -0.481 e. The van der Waals surface area contributed by atoms with Gasteiger partial charge in [0.25, 0.3) is 0 Å². The highest BCUT2D eigenvalue weighted by Gasteiger charge is 2.39. The Morgan fingerprint density at radius 1 is 1.44 bits per heavy atom.